The standard InChI is InChI=1S/C17H25ClN2/c1-2-19-12-14-8-9-15(11-16(14)18)20-10-4-6-13-5-3-7-17(13)20/h8-9,11,13,17,19H,2-7,10,12H2,1H3. The summed E-state index contributed by atoms with van der Waals surface area (Å²) in [6, 6.07) is 7.40. The van der Waals surface area contributed by atoms with Crippen molar-refractivity contribution in [1.29, 1.82) is 0 Å². The van der Waals surface area contributed by atoms with E-state index < -0.39 is 0 Å². The lowest BCUT2D eigenvalue weighted by Gasteiger charge is -2.39. The molecule has 2 aliphatic rings. The predicted octanol–water partition coefficient (Wildman–Crippen LogP) is 4.22. The van der Waals surface area contributed by atoms with Gasteiger partial charge in [-0.25, -0.2) is 0 Å². The molecule has 1 saturated heterocycles. The van der Waals surface area contributed by atoms with Crippen molar-refractivity contribution in [3.05, 3.63) is 28.8 Å². The maximum atomic E-state index is 6.46. The Morgan fingerprint density at radius 2 is 2.10 bits per heavy atom. The summed E-state index contributed by atoms with van der Waals surface area (Å²) in [5.41, 5.74) is 2.53. The zero-order chi connectivity index (χ0) is 13.9. The Hall–Kier alpha value is -0.730. The lowest BCUT2D eigenvalue weighted by atomic mass is 9.91. The van der Waals surface area contributed by atoms with Crippen molar-refractivity contribution in [3.8, 4) is 0 Å². The predicted molar refractivity (Wildman–Crippen MR) is 86.5 cm³/mol. The van der Waals surface area contributed by atoms with Crippen molar-refractivity contribution in [3.63, 3.8) is 0 Å². The SMILES string of the molecule is CCNCc1ccc(N2CCCC3CCCC32)cc1Cl. The molecule has 0 aromatic heterocycles. The minimum absolute atomic E-state index is 0.763. The maximum Gasteiger partial charge on any atom is 0.0471 e. The van der Waals surface area contributed by atoms with Gasteiger partial charge in [-0.3, -0.25) is 0 Å². The van der Waals surface area contributed by atoms with Crippen LogP contribution in [0.1, 0.15) is 44.6 Å². The van der Waals surface area contributed by atoms with Crippen molar-refractivity contribution in [2.24, 2.45) is 5.92 Å². The molecular weight excluding hydrogens is 268 g/mol. The van der Waals surface area contributed by atoms with Gasteiger partial charge in [0, 0.05) is 29.8 Å². The van der Waals surface area contributed by atoms with E-state index in [1.54, 1.807) is 0 Å². The van der Waals surface area contributed by atoms with E-state index in [9.17, 15) is 0 Å². The molecule has 0 amide bonds. The van der Waals surface area contributed by atoms with E-state index in [1.165, 1.54) is 49.9 Å². The highest BCUT2D eigenvalue weighted by molar-refractivity contribution is 6.31. The first kappa shape index (κ1) is 14.2. The molecule has 1 heterocycles. The molecule has 1 aromatic rings. The van der Waals surface area contributed by atoms with Gasteiger partial charge in [-0.2, -0.15) is 0 Å². The molecule has 3 rings (SSSR count). The van der Waals surface area contributed by atoms with Crippen LogP contribution in [-0.4, -0.2) is 19.1 Å². The Labute approximate surface area is 127 Å². The Morgan fingerprint density at radius 1 is 1.25 bits per heavy atom. The van der Waals surface area contributed by atoms with Crippen LogP contribution in [0.4, 0.5) is 5.69 Å². The van der Waals surface area contributed by atoms with Gasteiger partial charge >= 0.3 is 0 Å². The summed E-state index contributed by atoms with van der Waals surface area (Å²) < 4.78 is 0. The van der Waals surface area contributed by atoms with Crippen molar-refractivity contribution in [2.45, 2.75) is 51.6 Å². The van der Waals surface area contributed by atoms with E-state index in [0.717, 1.165) is 30.1 Å². The minimum atomic E-state index is 0.763. The smallest absolute Gasteiger partial charge is 0.0471 e. The number of nitrogens with one attached hydrogen (secondary N) is 1. The topological polar surface area (TPSA) is 15.3 Å². The number of fused-ring (bicyclic) bond motifs is 1. The van der Waals surface area contributed by atoms with Crippen LogP contribution >= 0.6 is 11.6 Å². The lowest BCUT2D eigenvalue weighted by Crippen LogP contribution is -2.42. The van der Waals surface area contributed by atoms with Gasteiger partial charge in [0.15, 0.2) is 0 Å². The number of halogens is 1. The summed E-state index contributed by atoms with van der Waals surface area (Å²) in [5, 5.41) is 4.25. The highest BCUT2D eigenvalue weighted by Gasteiger charge is 2.35. The molecular formula is C17H25ClN2. The average molecular weight is 293 g/mol. The summed E-state index contributed by atoms with van der Waals surface area (Å²) in [7, 11) is 0. The quantitative estimate of drug-likeness (QED) is 0.894. The van der Waals surface area contributed by atoms with E-state index in [0.29, 0.717) is 0 Å². The minimum Gasteiger partial charge on any atom is -0.368 e. The molecule has 0 radical (unpaired) electrons. The van der Waals surface area contributed by atoms with Crippen LogP contribution in [-0.2, 0) is 6.54 Å². The number of hydrogen-bond acceptors (Lipinski definition) is 2. The Bertz CT molecular complexity index is 460. The summed E-state index contributed by atoms with van der Waals surface area (Å²) in [6.45, 7) is 5.16. The molecule has 1 saturated carbocycles. The van der Waals surface area contributed by atoms with Crippen molar-refractivity contribution < 1.29 is 0 Å². The van der Waals surface area contributed by atoms with E-state index >= 15 is 0 Å². The molecule has 1 aliphatic heterocycles. The largest absolute Gasteiger partial charge is 0.368 e. The fraction of sp³-hybridized carbons (Fsp3) is 0.647. The number of piperidine rings is 1. The summed E-state index contributed by atoms with van der Waals surface area (Å²) in [6.07, 6.45) is 6.94. The Balaban J connectivity index is 1.77. The fourth-order valence-corrected chi connectivity index (χ4v) is 4.13. The molecule has 0 spiro atoms. The van der Waals surface area contributed by atoms with Gasteiger partial charge in [-0.1, -0.05) is 31.0 Å². The number of benzene rings is 1. The van der Waals surface area contributed by atoms with Gasteiger partial charge in [0.05, 0.1) is 0 Å². The van der Waals surface area contributed by atoms with Crippen molar-refractivity contribution >= 4 is 17.3 Å². The summed E-state index contributed by atoms with van der Waals surface area (Å²) in [5.74, 6) is 0.920. The third-order valence-corrected chi connectivity index (χ3v) is 5.28. The highest BCUT2D eigenvalue weighted by Crippen LogP contribution is 2.39. The number of rotatable bonds is 4. The molecule has 1 aromatic carbocycles. The average Bonchev–Trinajstić information content (AvgIpc) is 2.94. The number of hydrogen-bond donors (Lipinski definition) is 1. The van der Waals surface area contributed by atoms with E-state index in [2.05, 4.69) is 35.3 Å². The molecule has 20 heavy (non-hydrogen) atoms. The molecule has 2 fully saturated rings. The zero-order valence-corrected chi connectivity index (χ0v) is 13.1. The van der Waals surface area contributed by atoms with Gasteiger partial charge in [0.2, 0.25) is 0 Å². The fourth-order valence-electron chi connectivity index (χ4n) is 3.89. The molecule has 1 aliphatic carbocycles. The first-order chi connectivity index (χ1) is 9.79. The van der Waals surface area contributed by atoms with E-state index in [-0.39, 0.29) is 0 Å². The number of anilines is 1. The van der Waals surface area contributed by atoms with Crippen LogP contribution in [0.3, 0.4) is 0 Å². The first-order valence-corrected chi connectivity index (χ1v) is 8.43. The van der Waals surface area contributed by atoms with Crippen molar-refractivity contribution in [1.82, 2.24) is 5.32 Å². The third-order valence-electron chi connectivity index (χ3n) is 4.93. The van der Waals surface area contributed by atoms with Gasteiger partial charge in [-0.15, -0.1) is 0 Å². The van der Waals surface area contributed by atoms with Crippen LogP contribution in [0.25, 0.3) is 0 Å². The molecule has 2 nitrogen and oxygen atoms in total. The van der Waals surface area contributed by atoms with Gasteiger partial charge in [-0.05, 0) is 55.8 Å². The van der Waals surface area contributed by atoms with Crippen LogP contribution in [0.2, 0.25) is 5.02 Å². The second kappa shape index (κ2) is 6.36. The summed E-state index contributed by atoms with van der Waals surface area (Å²) >= 11 is 6.46. The second-order valence-electron chi connectivity index (χ2n) is 6.15. The zero-order valence-electron chi connectivity index (χ0n) is 12.4. The van der Waals surface area contributed by atoms with Crippen LogP contribution in [0, 0.1) is 5.92 Å². The molecule has 0 bridgehead atoms. The molecule has 1 N–H and O–H groups in total. The normalized spacial score (nSPS) is 25.8. The summed E-state index contributed by atoms with van der Waals surface area (Å²) in [4.78, 5) is 2.62. The highest BCUT2D eigenvalue weighted by atomic mass is 35.5. The van der Waals surface area contributed by atoms with Gasteiger partial charge in [0.25, 0.3) is 0 Å². The maximum absolute atomic E-state index is 6.46. The van der Waals surface area contributed by atoms with E-state index in [4.69, 9.17) is 11.6 Å². The monoisotopic (exact) mass is 292 g/mol. The molecule has 2 atom stereocenters. The van der Waals surface area contributed by atoms with Gasteiger partial charge in [0.1, 0.15) is 0 Å². The molecule has 2 unspecified atom stereocenters. The number of nitrogens with zero attached hydrogens (tertiary/aromatic N) is 1. The van der Waals surface area contributed by atoms with Crippen LogP contribution < -0.4 is 10.2 Å². The van der Waals surface area contributed by atoms with Crippen molar-refractivity contribution in [2.75, 3.05) is 18.0 Å². The van der Waals surface area contributed by atoms with E-state index in [1.807, 2.05) is 0 Å². The third kappa shape index (κ3) is 2.82. The van der Waals surface area contributed by atoms with Crippen LogP contribution in [0.15, 0.2) is 18.2 Å². The molecule has 110 valence electrons. The Morgan fingerprint density at radius 3 is 2.90 bits per heavy atom. The first-order valence-electron chi connectivity index (χ1n) is 8.05. The lowest BCUT2D eigenvalue weighted by molar-refractivity contribution is 0.362. The van der Waals surface area contributed by atoms with Gasteiger partial charge < -0.3 is 10.2 Å². The Kier molecular flexibility index (Phi) is 4.52. The second-order valence-corrected chi connectivity index (χ2v) is 6.56. The van der Waals surface area contributed by atoms with Crippen LogP contribution in [0.5, 0.6) is 0 Å². The molecule has 3 heteroatoms.